The predicted molar refractivity (Wildman–Crippen MR) is 57.9 cm³/mol. The van der Waals surface area contributed by atoms with E-state index in [-0.39, 0.29) is 5.69 Å². The molecular weight excluding hydrogens is 253 g/mol. The maximum atomic E-state index is 11.5. The van der Waals surface area contributed by atoms with Crippen molar-refractivity contribution in [3.05, 3.63) is 46.3 Å². The van der Waals surface area contributed by atoms with Crippen LogP contribution in [0.3, 0.4) is 0 Å². The summed E-state index contributed by atoms with van der Waals surface area (Å²) in [4.78, 5) is 11.5. The first-order chi connectivity index (χ1) is 7.66. The van der Waals surface area contributed by atoms with E-state index in [0.717, 1.165) is 0 Å². The molecular formula is C10H5Cl2NO3. The predicted octanol–water partition coefficient (Wildman–Crippen LogP) is 3.20. The lowest BCUT2D eigenvalue weighted by atomic mass is 10.3. The van der Waals surface area contributed by atoms with Crippen molar-refractivity contribution in [2.45, 2.75) is 0 Å². The summed E-state index contributed by atoms with van der Waals surface area (Å²) in [5.41, 5.74) is 0.0890. The van der Waals surface area contributed by atoms with E-state index in [2.05, 4.69) is 9.68 Å². The maximum absolute atomic E-state index is 11.5. The molecule has 1 heterocycles. The quantitative estimate of drug-likeness (QED) is 0.613. The Hall–Kier alpha value is -1.52. The normalized spacial score (nSPS) is 10.1. The standard InChI is InChI=1S/C10H5Cl2NO3/c11-7-2-1-6(5-8(7)12)16-10(14)9-3-4-15-13-9/h1-5H. The molecule has 0 fully saturated rings. The Morgan fingerprint density at radius 1 is 1.25 bits per heavy atom. The Balaban J connectivity index is 2.15. The fraction of sp³-hybridized carbons (Fsp3) is 0. The van der Waals surface area contributed by atoms with Crippen molar-refractivity contribution in [3.63, 3.8) is 0 Å². The first kappa shape index (κ1) is 11.0. The number of ether oxygens (including phenoxy) is 1. The van der Waals surface area contributed by atoms with Gasteiger partial charge in [-0.1, -0.05) is 28.4 Å². The van der Waals surface area contributed by atoms with Crippen LogP contribution in [0.25, 0.3) is 0 Å². The Bertz CT molecular complexity index is 511. The van der Waals surface area contributed by atoms with Gasteiger partial charge >= 0.3 is 5.97 Å². The number of benzene rings is 1. The summed E-state index contributed by atoms with van der Waals surface area (Å²) in [6, 6.07) is 5.92. The average Bonchev–Trinajstić information content (AvgIpc) is 2.77. The number of rotatable bonds is 2. The van der Waals surface area contributed by atoms with E-state index < -0.39 is 5.97 Å². The van der Waals surface area contributed by atoms with Crippen LogP contribution in [0.2, 0.25) is 10.0 Å². The largest absolute Gasteiger partial charge is 0.422 e. The van der Waals surface area contributed by atoms with Gasteiger partial charge in [-0.15, -0.1) is 0 Å². The fourth-order valence-electron chi connectivity index (χ4n) is 1.02. The molecule has 0 amide bonds. The average molecular weight is 258 g/mol. The van der Waals surface area contributed by atoms with Crippen molar-refractivity contribution in [1.29, 1.82) is 0 Å². The van der Waals surface area contributed by atoms with Gasteiger partial charge in [-0.05, 0) is 12.1 Å². The van der Waals surface area contributed by atoms with Crippen LogP contribution in [0.4, 0.5) is 0 Å². The molecule has 6 heteroatoms. The lowest BCUT2D eigenvalue weighted by molar-refractivity contribution is 0.0724. The second-order valence-electron chi connectivity index (χ2n) is 2.85. The summed E-state index contributed by atoms with van der Waals surface area (Å²) in [5.74, 6) is -0.325. The Kier molecular flexibility index (Phi) is 3.12. The third-order valence-electron chi connectivity index (χ3n) is 1.75. The zero-order chi connectivity index (χ0) is 11.5. The molecule has 1 aromatic carbocycles. The van der Waals surface area contributed by atoms with E-state index in [1.165, 1.54) is 30.5 Å². The van der Waals surface area contributed by atoms with Gasteiger partial charge in [0, 0.05) is 12.1 Å². The van der Waals surface area contributed by atoms with Crippen molar-refractivity contribution in [1.82, 2.24) is 5.16 Å². The number of hydrogen-bond acceptors (Lipinski definition) is 4. The molecule has 82 valence electrons. The van der Waals surface area contributed by atoms with Crippen LogP contribution in [0.15, 0.2) is 35.1 Å². The summed E-state index contributed by atoms with van der Waals surface area (Å²) in [6.07, 6.45) is 1.28. The van der Waals surface area contributed by atoms with Gasteiger partial charge in [-0.25, -0.2) is 4.79 Å². The van der Waals surface area contributed by atoms with Crippen molar-refractivity contribution in [3.8, 4) is 5.75 Å². The highest BCUT2D eigenvalue weighted by molar-refractivity contribution is 6.42. The minimum absolute atomic E-state index is 0.0890. The van der Waals surface area contributed by atoms with Crippen LogP contribution >= 0.6 is 23.2 Å². The number of halogens is 2. The van der Waals surface area contributed by atoms with Crippen molar-refractivity contribution < 1.29 is 14.1 Å². The van der Waals surface area contributed by atoms with Crippen molar-refractivity contribution in [2.75, 3.05) is 0 Å². The number of carbonyl (C=O) groups is 1. The summed E-state index contributed by atoms with van der Waals surface area (Å²) in [5, 5.41) is 4.15. The summed E-state index contributed by atoms with van der Waals surface area (Å²) in [6.45, 7) is 0. The molecule has 0 saturated carbocycles. The van der Waals surface area contributed by atoms with E-state index in [1.807, 2.05) is 0 Å². The smallest absolute Gasteiger partial charge is 0.365 e. The lowest BCUT2D eigenvalue weighted by Crippen LogP contribution is -2.08. The van der Waals surface area contributed by atoms with Crippen LogP contribution in [-0.4, -0.2) is 11.1 Å². The lowest BCUT2D eigenvalue weighted by Gasteiger charge is -2.02. The first-order valence-electron chi connectivity index (χ1n) is 4.24. The molecule has 0 bridgehead atoms. The SMILES string of the molecule is O=C(Oc1ccc(Cl)c(Cl)c1)c1ccon1. The number of hydrogen-bond donors (Lipinski definition) is 0. The zero-order valence-electron chi connectivity index (χ0n) is 7.81. The third kappa shape index (κ3) is 2.35. The fourth-order valence-corrected chi connectivity index (χ4v) is 1.31. The molecule has 0 atom stereocenters. The number of esters is 1. The van der Waals surface area contributed by atoms with Gasteiger partial charge in [0.25, 0.3) is 0 Å². The van der Waals surface area contributed by atoms with E-state index in [4.69, 9.17) is 27.9 Å². The number of carbonyl (C=O) groups excluding carboxylic acids is 1. The Morgan fingerprint density at radius 2 is 2.06 bits per heavy atom. The van der Waals surface area contributed by atoms with Crippen LogP contribution in [-0.2, 0) is 0 Å². The molecule has 0 aliphatic rings. The number of nitrogens with zero attached hydrogens (tertiary/aromatic N) is 1. The molecule has 0 spiro atoms. The van der Waals surface area contributed by atoms with E-state index in [9.17, 15) is 4.79 Å². The zero-order valence-corrected chi connectivity index (χ0v) is 9.33. The summed E-state index contributed by atoms with van der Waals surface area (Å²) >= 11 is 11.5. The van der Waals surface area contributed by atoms with E-state index in [0.29, 0.717) is 15.8 Å². The highest BCUT2D eigenvalue weighted by Crippen LogP contribution is 2.26. The van der Waals surface area contributed by atoms with Gasteiger partial charge in [0.2, 0.25) is 0 Å². The topological polar surface area (TPSA) is 52.3 Å². The van der Waals surface area contributed by atoms with Gasteiger partial charge in [-0.2, -0.15) is 0 Å². The molecule has 0 aliphatic heterocycles. The molecule has 0 unspecified atom stereocenters. The van der Waals surface area contributed by atoms with Crippen LogP contribution < -0.4 is 4.74 Å². The van der Waals surface area contributed by atoms with E-state index >= 15 is 0 Å². The van der Waals surface area contributed by atoms with Gasteiger partial charge in [0.05, 0.1) is 10.0 Å². The minimum atomic E-state index is -0.618. The summed E-state index contributed by atoms with van der Waals surface area (Å²) in [7, 11) is 0. The molecule has 2 rings (SSSR count). The van der Waals surface area contributed by atoms with Crippen LogP contribution in [0, 0.1) is 0 Å². The van der Waals surface area contributed by atoms with E-state index in [1.54, 1.807) is 0 Å². The molecule has 0 saturated heterocycles. The summed E-state index contributed by atoms with van der Waals surface area (Å²) < 4.78 is 9.51. The highest BCUT2D eigenvalue weighted by Gasteiger charge is 2.12. The van der Waals surface area contributed by atoms with Gasteiger partial charge in [0.15, 0.2) is 5.69 Å². The second-order valence-corrected chi connectivity index (χ2v) is 3.66. The second kappa shape index (κ2) is 4.55. The van der Waals surface area contributed by atoms with Gasteiger partial charge in [0.1, 0.15) is 12.0 Å². The Labute approximate surface area is 101 Å². The molecule has 0 aliphatic carbocycles. The van der Waals surface area contributed by atoms with Crippen molar-refractivity contribution >= 4 is 29.2 Å². The molecule has 2 aromatic rings. The van der Waals surface area contributed by atoms with Crippen LogP contribution in [0.1, 0.15) is 10.5 Å². The minimum Gasteiger partial charge on any atom is -0.422 e. The first-order valence-corrected chi connectivity index (χ1v) is 5.00. The third-order valence-corrected chi connectivity index (χ3v) is 2.49. The monoisotopic (exact) mass is 257 g/mol. The molecule has 0 radical (unpaired) electrons. The number of aromatic nitrogens is 1. The van der Waals surface area contributed by atoms with Gasteiger partial charge < -0.3 is 9.26 Å². The Morgan fingerprint density at radius 3 is 2.69 bits per heavy atom. The van der Waals surface area contributed by atoms with Crippen LogP contribution in [0.5, 0.6) is 5.75 Å². The van der Waals surface area contributed by atoms with Gasteiger partial charge in [-0.3, -0.25) is 0 Å². The molecule has 1 aromatic heterocycles. The highest BCUT2D eigenvalue weighted by atomic mass is 35.5. The molecule has 4 nitrogen and oxygen atoms in total. The molecule has 0 N–H and O–H groups in total. The van der Waals surface area contributed by atoms with Crippen molar-refractivity contribution in [2.24, 2.45) is 0 Å². The molecule has 16 heavy (non-hydrogen) atoms. The maximum Gasteiger partial charge on any atom is 0.365 e.